The van der Waals surface area contributed by atoms with Crippen LogP contribution in [0.5, 0.6) is 0 Å². The molecular weight excluding hydrogens is 253 g/mol. The third kappa shape index (κ3) is 3.67. The lowest BCUT2D eigenvalue weighted by molar-refractivity contribution is 0.0618. The Bertz CT molecular complexity index is 351. The van der Waals surface area contributed by atoms with Crippen LogP contribution in [0.2, 0.25) is 0 Å². The first-order valence-electron chi connectivity index (χ1n) is 6.37. The molecular formula is C14H21ClFNO. The first-order valence-corrected chi connectivity index (χ1v) is 6.37. The van der Waals surface area contributed by atoms with Gasteiger partial charge in [0.15, 0.2) is 0 Å². The fraction of sp³-hybridized carbons (Fsp3) is 0.571. The Morgan fingerprint density at radius 3 is 2.22 bits per heavy atom. The number of benzene rings is 1. The fourth-order valence-corrected chi connectivity index (χ4v) is 2.65. The summed E-state index contributed by atoms with van der Waals surface area (Å²) in [6.07, 6.45) is 5.21. The summed E-state index contributed by atoms with van der Waals surface area (Å²) in [5.74, 6) is 0.0249. The van der Waals surface area contributed by atoms with Crippen molar-refractivity contribution in [2.45, 2.75) is 44.2 Å². The van der Waals surface area contributed by atoms with Crippen molar-refractivity contribution in [3.8, 4) is 0 Å². The molecule has 0 radical (unpaired) electrons. The molecule has 0 heterocycles. The van der Waals surface area contributed by atoms with Gasteiger partial charge in [0.05, 0.1) is 12.1 Å². The Morgan fingerprint density at radius 2 is 1.67 bits per heavy atom. The van der Waals surface area contributed by atoms with Gasteiger partial charge in [0.2, 0.25) is 0 Å². The normalized spacial score (nSPS) is 19.9. The SMILES string of the molecule is Cl.N[C@H](c1ccc(F)cc1)[C@@H](O)C1CCCCC1. The Hall–Kier alpha value is -0.640. The van der Waals surface area contributed by atoms with Gasteiger partial charge < -0.3 is 10.8 Å². The molecule has 3 N–H and O–H groups in total. The van der Waals surface area contributed by atoms with E-state index in [0.29, 0.717) is 5.92 Å². The lowest BCUT2D eigenvalue weighted by atomic mass is 9.81. The number of halogens is 2. The number of nitrogens with two attached hydrogens (primary N) is 1. The largest absolute Gasteiger partial charge is 0.391 e. The van der Waals surface area contributed by atoms with E-state index in [4.69, 9.17) is 5.73 Å². The molecule has 2 rings (SSSR count). The van der Waals surface area contributed by atoms with Crippen molar-refractivity contribution in [1.82, 2.24) is 0 Å². The zero-order valence-corrected chi connectivity index (χ0v) is 11.2. The van der Waals surface area contributed by atoms with Crippen LogP contribution < -0.4 is 5.73 Å². The minimum absolute atomic E-state index is 0. The quantitative estimate of drug-likeness (QED) is 0.888. The van der Waals surface area contributed by atoms with E-state index in [1.165, 1.54) is 31.4 Å². The third-order valence-electron chi connectivity index (χ3n) is 3.76. The smallest absolute Gasteiger partial charge is 0.123 e. The molecule has 0 bridgehead atoms. The number of hydrogen-bond acceptors (Lipinski definition) is 2. The Kier molecular flexibility index (Phi) is 6.06. The van der Waals surface area contributed by atoms with E-state index in [1.807, 2.05) is 0 Å². The van der Waals surface area contributed by atoms with E-state index >= 15 is 0 Å². The average molecular weight is 274 g/mol. The number of rotatable bonds is 3. The van der Waals surface area contributed by atoms with Crippen LogP contribution in [0.1, 0.15) is 43.7 Å². The Labute approximate surface area is 114 Å². The molecule has 4 heteroatoms. The van der Waals surface area contributed by atoms with Gasteiger partial charge in [0, 0.05) is 0 Å². The van der Waals surface area contributed by atoms with Gasteiger partial charge in [-0.25, -0.2) is 4.39 Å². The highest BCUT2D eigenvalue weighted by Crippen LogP contribution is 2.31. The highest BCUT2D eigenvalue weighted by Gasteiger charge is 2.27. The van der Waals surface area contributed by atoms with Gasteiger partial charge in [0.1, 0.15) is 5.82 Å². The van der Waals surface area contributed by atoms with Crippen LogP contribution >= 0.6 is 12.4 Å². The molecule has 1 aromatic carbocycles. The molecule has 0 unspecified atom stereocenters. The zero-order chi connectivity index (χ0) is 12.3. The number of hydrogen-bond donors (Lipinski definition) is 2. The number of aliphatic hydroxyl groups excluding tert-OH is 1. The van der Waals surface area contributed by atoms with Crippen molar-refractivity contribution in [2.24, 2.45) is 11.7 Å². The standard InChI is InChI=1S/C14H20FNO.ClH/c15-12-8-6-10(7-9-12)13(16)14(17)11-4-2-1-3-5-11;/h6-9,11,13-14,17H,1-5,16H2;1H/t13-,14+;/m1./s1. The van der Waals surface area contributed by atoms with Crippen molar-refractivity contribution in [3.05, 3.63) is 35.6 Å². The minimum atomic E-state index is -0.513. The van der Waals surface area contributed by atoms with Crippen LogP contribution in [0, 0.1) is 11.7 Å². The highest BCUT2D eigenvalue weighted by atomic mass is 35.5. The molecule has 1 fully saturated rings. The maximum atomic E-state index is 12.8. The summed E-state index contributed by atoms with van der Waals surface area (Å²) < 4.78 is 12.8. The molecule has 1 aromatic rings. The van der Waals surface area contributed by atoms with Crippen molar-refractivity contribution in [2.75, 3.05) is 0 Å². The minimum Gasteiger partial charge on any atom is -0.391 e. The summed E-state index contributed by atoms with van der Waals surface area (Å²) in [5.41, 5.74) is 6.86. The first kappa shape index (κ1) is 15.4. The van der Waals surface area contributed by atoms with Gasteiger partial charge >= 0.3 is 0 Å². The lowest BCUT2D eigenvalue weighted by Crippen LogP contribution is -2.34. The molecule has 0 saturated heterocycles. The van der Waals surface area contributed by atoms with E-state index < -0.39 is 12.1 Å². The topological polar surface area (TPSA) is 46.2 Å². The van der Waals surface area contributed by atoms with Crippen molar-refractivity contribution >= 4 is 12.4 Å². The fourth-order valence-electron chi connectivity index (χ4n) is 2.65. The summed E-state index contributed by atoms with van der Waals surface area (Å²) >= 11 is 0. The van der Waals surface area contributed by atoms with Crippen LogP contribution in [-0.4, -0.2) is 11.2 Å². The van der Waals surface area contributed by atoms with Crippen LogP contribution in [0.25, 0.3) is 0 Å². The van der Waals surface area contributed by atoms with E-state index in [-0.39, 0.29) is 18.2 Å². The second-order valence-electron chi connectivity index (χ2n) is 4.97. The first-order chi connectivity index (χ1) is 8.18. The molecule has 18 heavy (non-hydrogen) atoms. The van der Waals surface area contributed by atoms with Gasteiger partial charge in [-0.3, -0.25) is 0 Å². The van der Waals surface area contributed by atoms with E-state index in [9.17, 15) is 9.50 Å². The summed E-state index contributed by atoms with van der Waals surface area (Å²) in [6, 6.07) is 5.70. The van der Waals surface area contributed by atoms with Gasteiger partial charge in [0.25, 0.3) is 0 Å². The maximum absolute atomic E-state index is 12.8. The van der Waals surface area contributed by atoms with Gasteiger partial charge in [-0.1, -0.05) is 31.4 Å². The predicted molar refractivity (Wildman–Crippen MR) is 73.2 cm³/mol. The van der Waals surface area contributed by atoms with Crippen LogP contribution in [0.3, 0.4) is 0 Å². The monoisotopic (exact) mass is 273 g/mol. The van der Waals surface area contributed by atoms with Crippen LogP contribution in [-0.2, 0) is 0 Å². The second kappa shape index (κ2) is 7.07. The molecule has 1 aliphatic carbocycles. The van der Waals surface area contributed by atoms with Crippen molar-refractivity contribution in [3.63, 3.8) is 0 Å². The summed E-state index contributed by atoms with van der Waals surface area (Å²) in [6.45, 7) is 0. The molecule has 2 nitrogen and oxygen atoms in total. The molecule has 0 aromatic heterocycles. The van der Waals surface area contributed by atoms with Crippen molar-refractivity contribution in [1.29, 1.82) is 0 Å². The van der Waals surface area contributed by atoms with Gasteiger partial charge in [-0.2, -0.15) is 0 Å². The van der Waals surface area contributed by atoms with Crippen LogP contribution in [0.15, 0.2) is 24.3 Å². The third-order valence-corrected chi connectivity index (χ3v) is 3.76. The van der Waals surface area contributed by atoms with Crippen molar-refractivity contribution < 1.29 is 9.50 Å². The number of aliphatic hydroxyl groups is 1. The lowest BCUT2D eigenvalue weighted by Gasteiger charge is -2.30. The molecule has 102 valence electrons. The summed E-state index contributed by atoms with van der Waals surface area (Å²) in [4.78, 5) is 0. The average Bonchev–Trinajstić information content (AvgIpc) is 2.39. The predicted octanol–water partition coefficient (Wildman–Crippen LogP) is 3.19. The van der Waals surface area contributed by atoms with Crippen LogP contribution in [0.4, 0.5) is 4.39 Å². The summed E-state index contributed by atoms with van der Waals surface area (Å²) in [5, 5.41) is 10.2. The molecule has 0 amide bonds. The second-order valence-corrected chi connectivity index (χ2v) is 4.97. The van der Waals surface area contributed by atoms with E-state index in [0.717, 1.165) is 18.4 Å². The maximum Gasteiger partial charge on any atom is 0.123 e. The highest BCUT2D eigenvalue weighted by molar-refractivity contribution is 5.85. The molecule has 2 atom stereocenters. The molecule has 1 saturated carbocycles. The van der Waals surface area contributed by atoms with Gasteiger partial charge in [-0.15, -0.1) is 12.4 Å². The van der Waals surface area contributed by atoms with E-state index in [1.54, 1.807) is 12.1 Å². The molecule has 0 spiro atoms. The van der Waals surface area contributed by atoms with E-state index in [2.05, 4.69) is 0 Å². The summed E-state index contributed by atoms with van der Waals surface area (Å²) in [7, 11) is 0. The zero-order valence-electron chi connectivity index (χ0n) is 10.4. The molecule has 1 aliphatic rings. The van der Waals surface area contributed by atoms with Gasteiger partial charge in [-0.05, 0) is 36.5 Å². The molecule has 0 aliphatic heterocycles. The Morgan fingerprint density at radius 1 is 1.11 bits per heavy atom. The Balaban J connectivity index is 0.00000162.